The van der Waals surface area contributed by atoms with Gasteiger partial charge in [0, 0.05) is 5.92 Å². The summed E-state index contributed by atoms with van der Waals surface area (Å²) in [6, 6.07) is 10.5. The van der Waals surface area contributed by atoms with E-state index in [0.29, 0.717) is 5.92 Å². The molecule has 0 aliphatic heterocycles. The maximum atomic E-state index is 9.79. The molecule has 0 spiro atoms. The Balaban J connectivity index is 0.000000257. The first-order valence-corrected chi connectivity index (χ1v) is 7.09. The predicted molar refractivity (Wildman–Crippen MR) is 79.7 cm³/mol. The molecule has 0 bridgehead atoms. The van der Waals surface area contributed by atoms with E-state index in [1.165, 1.54) is 12.0 Å². The van der Waals surface area contributed by atoms with Crippen LogP contribution >= 0.6 is 0 Å². The van der Waals surface area contributed by atoms with Gasteiger partial charge in [-0.3, -0.25) is 0 Å². The van der Waals surface area contributed by atoms with E-state index in [2.05, 4.69) is 52.0 Å². The molecule has 1 heteroatoms. The average Bonchev–Trinajstić information content (AvgIpc) is 2.29. The summed E-state index contributed by atoms with van der Waals surface area (Å²) in [6.07, 6.45) is 5.75. The highest BCUT2D eigenvalue weighted by Gasteiger charge is 2.14. The van der Waals surface area contributed by atoms with Gasteiger partial charge in [-0.05, 0) is 30.7 Å². The minimum atomic E-state index is 0.435. The largest absolute Gasteiger partial charge is 0.303 e. The lowest BCUT2D eigenvalue weighted by molar-refractivity contribution is -0.113. The minimum absolute atomic E-state index is 0.435. The van der Waals surface area contributed by atoms with Crippen LogP contribution in [0.5, 0.6) is 0 Å². The molecule has 1 aromatic carbocycles. The first-order valence-electron chi connectivity index (χ1n) is 7.09. The van der Waals surface area contributed by atoms with Crippen LogP contribution in [0, 0.1) is 11.8 Å². The van der Waals surface area contributed by atoms with E-state index in [0.717, 1.165) is 31.5 Å². The normalized spacial score (nSPS) is 13.6. The van der Waals surface area contributed by atoms with Crippen molar-refractivity contribution in [3.63, 3.8) is 0 Å². The van der Waals surface area contributed by atoms with Crippen LogP contribution in [0.2, 0.25) is 0 Å². The van der Waals surface area contributed by atoms with Crippen LogP contribution in [-0.4, -0.2) is 6.29 Å². The zero-order valence-corrected chi connectivity index (χ0v) is 12.4. The zero-order chi connectivity index (χ0) is 13.8. The van der Waals surface area contributed by atoms with Crippen molar-refractivity contribution in [1.82, 2.24) is 0 Å². The van der Waals surface area contributed by atoms with Gasteiger partial charge in [0.15, 0.2) is 0 Å². The van der Waals surface area contributed by atoms with Crippen LogP contribution in [0.15, 0.2) is 30.3 Å². The highest BCUT2D eigenvalue weighted by Crippen LogP contribution is 2.23. The molecule has 0 atom stereocenters. The minimum Gasteiger partial charge on any atom is -0.303 e. The zero-order valence-electron chi connectivity index (χ0n) is 12.4. The Morgan fingerprint density at radius 1 is 1.17 bits per heavy atom. The van der Waals surface area contributed by atoms with E-state index in [4.69, 9.17) is 0 Å². The Kier molecular flexibility index (Phi) is 10.3. The Labute approximate surface area is 113 Å². The van der Waals surface area contributed by atoms with Crippen molar-refractivity contribution >= 4 is 6.29 Å². The van der Waals surface area contributed by atoms with Gasteiger partial charge in [-0.1, -0.05) is 64.4 Å². The maximum absolute atomic E-state index is 9.79. The van der Waals surface area contributed by atoms with E-state index < -0.39 is 0 Å². The van der Waals surface area contributed by atoms with Crippen molar-refractivity contribution < 1.29 is 4.79 Å². The molecular weight excluding hydrogens is 220 g/mol. The Morgan fingerprint density at radius 3 is 1.83 bits per heavy atom. The number of aldehydes is 1. The van der Waals surface area contributed by atoms with E-state index in [9.17, 15) is 4.79 Å². The van der Waals surface area contributed by atoms with Crippen LogP contribution in [-0.2, 0) is 11.2 Å². The summed E-state index contributed by atoms with van der Waals surface area (Å²) in [7, 11) is 0. The summed E-state index contributed by atoms with van der Waals surface area (Å²) in [6.45, 7) is 8.66. The molecule has 0 radical (unpaired) electrons. The lowest BCUT2D eigenvalue weighted by Crippen LogP contribution is -2.10. The van der Waals surface area contributed by atoms with E-state index in [-0.39, 0.29) is 0 Å². The molecule has 2 rings (SSSR count). The van der Waals surface area contributed by atoms with Gasteiger partial charge in [0.2, 0.25) is 0 Å². The topological polar surface area (TPSA) is 17.1 Å². The first-order chi connectivity index (χ1) is 8.60. The second-order valence-electron chi connectivity index (χ2n) is 5.40. The fraction of sp³-hybridized carbons (Fsp3) is 0.588. The van der Waals surface area contributed by atoms with Gasteiger partial charge in [-0.25, -0.2) is 0 Å². The fourth-order valence-corrected chi connectivity index (χ4v) is 1.29. The van der Waals surface area contributed by atoms with Gasteiger partial charge in [0.05, 0.1) is 0 Å². The fourth-order valence-electron chi connectivity index (χ4n) is 1.29. The van der Waals surface area contributed by atoms with Crippen molar-refractivity contribution in [1.29, 1.82) is 0 Å². The standard InChI is InChI=1S/C8H10.C5H8O.C4H10/c1-2-8-6-4-3-5-7-8;6-4-5-2-1-3-5;1-4(2)3/h3-7H,2H2,1H3;4-5H,1-3H2;4H,1-3H3. The third-order valence-corrected chi connectivity index (χ3v) is 2.59. The summed E-state index contributed by atoms with van der Waals surface area (Å²) in [5.74, 6) is 1.27. The number of hydrogen-bond donors (Lipinski definition) is 0. The summed E-state index contributed by atoms with van der Waals surface area (Å²) >= 11 is 0. The molecule has 0 heterocycles. The Hall–Kier alpha value is -1.11. The van der Waals surface area contributed by atoms with E-state index in [1.54, 1.807) is 0 Å². The third-order valence-electron chi connectivity index (χ3n) is 2.59. The van der Waals surface area contributed by atoms with Crippen LogP contribution in [0.3, 0.4) is 0 Å². The number of hydrogen-bond acceptors (Lipinski definition) is 1. The molecule has 18 heavy (non-hydrogen) atoms. The average molecular weight is 248 g/mol. The molecule has 102 valence electrons. The van der Waals surface area contributed by atoms with Crippen molar-refractivity contribution in [3.8, 4) is 0 Å². The van der Waals surface area contributed by atoms with Gasteiger partial charge in [0.25, 0.3) is 0 Å². The number of carbonyl (C=O) groups is 1. The van der Waals surface area contributed by atoms with Gasteiger partial charge < -0.3 is 4.79 Å². The van der Waals surface area contributed by atoms with Crippen molar-refractivity contribution in [2.24, 2.45) is 11.8 Å². The lowest BCUT2D eigenvalue weighted by Gasteiger charge is -2.17. The molecule has 1 aromatic rings. The van der Waals surface area contributed by atoms with Crippen molar-refractivity contribution in [2.75, 3.05) is 0 Å². The van der Waals surface area contributed by atoms with Crippen LogP contribution in [0.1, 0.15) is 52.5 Å². The van der Waals surface area contributed by atoms with Crippen molar-refractivity contribution in [2.45, 2.75) is 53.4 Å². The maximum Gasteiger partial charge on any atom is 0.123 e. The summed E-state index contributed by atoms with van der Waals surface area (Å²) in [5.41, 5.74) is 1.41. The monoisotopic (exact) mass is 248 g/mol. The summed E-state index contributed by atoms with van der Waals surface area (Å²) < 4.78 is 0. The second kappa shape index (κ2) is 11.0. The predicted octanol–water partition coefficient (Wildman–Crippen LogP) is 4.90. The van der Waals surface area contributed by atoms with Crippen LogP contribution < -0.4 is 0 Å². The number of benzene rings is 1. The molecule has 0 aromatic heterocycles. The molecule has 0 unspecified atom stereocenters. The van der Waals surface area contributed by atoms with Crippen LogP contribution in [0.25, 0.3) is 0 Å². The lowest BCUT2D eigenvalue weighted by atomic mass is 9.87. The highest BCUT2D eigenvalue weighted by molar-refractivity contribution is 5.54. The van der Waals surface area contributed by atoms with Crippen molar-refractivity contribution in [3.05, 3.63) is 35.9 Å². The molecule has 0 N–H and O–H groups in total. The van der Waals surface area contributed by atoms with E-state index in [1.807, 2.05) is 6.07 Å². The number of aryl methyl sites for hydroxylation is 1. The molecule has 1 aliphatic carbocycles. The second-order valence-corrected chi connectivity index (χ2v) is 5.40. The molecule has 0 amide bonds. The Morgan fingerprint density at radius 2 is 1.67 bits per heavy atom. The van der Waals surface area contributed by atoms with Gasteiger partial charge in [-0.2, -0.15) is 0 Å². The van der Waals surface area contributed by atoms with Crippen LogP contribution in [0.4, 0.5) is 0 Å². The smallest absolute Gasteiger partial charge is 0.123 e. The summed E-state index contributed by atoms with van der Waals surface area (Å²) in [5, 5.41) is 0. The van der Waals surface area contributed by atoms with E-state index >= 15 is 0 Å². The summed E-state index contributed by atoms with van der Waals surface area (Å²) in [4.78, 5) is 9.79. The van der Waals surface area contributed by atoms with Gasteiger partial charge in [-0.15, -0.1) is 0 Å². The number of carbonyl (C=O) groups excluding carboxylic acids is 1. The highest BCUT2D eigenvalue weighted by atomic mass is 16.1. The quantitative estimate of drug-likeness (QED) is 0.681. The Bertz CT molecular complexity index is 283. The van der Waals surface area contributed by atoms with Gasteiger partial charge >= 0.3 is 0 Å². The third kappa shape index (κ3) is 10.1. The first kappa shape index (κ1) is 16.9. The molecule has 1 aliphatic rings. The molecule has 1 saturated carbocycles. The number of rotatable bonds is 2. The van der Waals surface area contributed by atoms with Gasteiger partial charge in [0.1, 0.15) is 6.29 Å². The molecule has 1 nitrogen and oxygen atoms in total. The molecular formula is C17H28O. The molecule has 1 fully saturated rings. The SMILES string of the molecule is CC(C)C.CCc1ccccc1.O=CC1CCC1. The molecule has 0 saturated heterocycles.